The Morgan fingerprint density at radius 1 is 1.39 bits per heavy atom. The lowest BCUT2D eigenvalue weighted by atomic mass is 10.2. The number of anilines is 2. The van der Waals surface area contributed by atoms with E-state index in [1.807, 2.05) is 30.3 Å². The molecule has 90 valence electrons. The standard InChI is InChI=1S/C13H11ClN4/c14-12-10(7-15)4-5-17-13(12)18-8-9-2-1-3-11(16)6-9/h1-6H,8,16H2,(H,17,18). The van der Waals surface area contributed by atoms with Gasteiger partial charge in [-0.3, -0.25) is 0 Å². The second-order valence-electron chi connectivity index (χ2n) is 3.73. The van der Waals surface area contributed by atoms with Crippen LogP contribution >= 0.6 is 11.6 Å². The summed E-state index contributed by atoms with van der Waals surface area (Å²) in [7, 11) is 0. The number of benzene rings is 1. The second-order valence-corrected chi connectivity index (χ2v) is 4.11. The van der Waals surface area contributed by atoms with Crippen molar-refractivity contribution in [1.82, 2.24) is 4.98 Å². The van der Waals surface area contributed by atoms with Gasteiger partial charge in [-0.25, -0.2) is 4.98 Å². The fourth-order valence-corrected chi connectivity index (χ4v) is 1.76. The highest BCUT2D eigenvalue weighted by Gasteiger charge is 2.06. The number of nitrogens with two attached hydrogens (primary N) is 1. The largest absolute Gasteiger partial charge is 0.399 e. The molecule has 0 unspecified atom stereocenters. The fourth-order valence-electron chi connectivity index (χ4n) is 1.54. The molecule has 0 radical (unpaired) electrons. The Morgan fingerprint density at radius 2 is 2.22 bits per heavy atom. The highest BCUT2D eigenvalue weighted by Crippen LogP contribution is 2.23. The zero-order valence-corrected chi connectivity index (χ0v) is 10.3. The molecular formula is C13H11ClN4. The van der Waals surface area contributed by atoms with Gasteiger partial charge in [0.15, 0.2) is 0 Å². The van der Waals surface area contributed by atoms with Gasteiger partial charge in [0.25, 0.3) is 0 Å². The molecule has 4 nitrogen and oxygen atoms in total. The molecule has 5 heteroatoms. The average Bonchev–Trinajstić information content (AvgIpc) is 2.38. The first-order chi connectivity index (χ1) is 8.70. The van der Waals surface area contributed by atoms with Crippen molar-refractivity contribution in [2.75, 3.05) is 11.1 Å². The molecule has 0 bridgehead atoms. The lowest BCUT2D eigenvalue weighted by Gasteiger charge is -2.08. The van der Waals surface area contributed by atoms with Gasteiger partial charge in [0, 0.05) is 18.4 Å². The Hall–Kier alpha value is -2.25. The second kappa shape index (κ2) is 5.39. The summed E-state index contributed by atoms with van der Waals surface area (Å²) < 4.78 is 0. The molecule has 3 N–H and O–H groups in total. The van der Waals surface area contributed by atoms with Crippen LogP contribution in [0.2, 0.25) is 5.02 Å². The van der Waals surface area contributed by atoms with Crippen LogP contribution in [0.3, 0.4) is 0 Å². The molecule has 18 heavy (non-hydrogen) atoms. The highest BCUT2D eigenvalue weighted by atomic mass is 35.5. The molecule has 2 rings (SSSR count). The van der Waals surface area contributed by atoms with Crippen LogP contribution in [0.4, 0.5) is 11.5 Å². The zero-order chi connectivity index (χ0) is 13.0. The third-order valence-electron chi connectivity index (χ3n) is 2.42. The van der Waals surface area contributed by atoms with Crippen LogP contribution in [0, 0.1) is 11.3 Å². The first-order valence-electron chi connectivity index (χ1n) is 5.33. The van der Waals surface area contributed by atoms with E-state index >= 15 is 0 Å². The molecule has 0 aliphatic carbocycles. The molecule has 0 aliphatic rings. The molecular weight excluding hydrogens is 248 g/mol. The minimum Gasteiger partial charge on any atom is -0.399 e. The molecule has 1 heterocycles. The number of hydrogen-bond acceptors (Lipinski definition) is 4. The number of aromatic nitrogens is 1. The number of rotatable bonds is 3. The monoisotopic (exact) mass is 258 g/mol. The summed E-state index contributed by atoms with van der Waals surface area (Å²) in [5, 5.41) is 12.3. The predicted octanol–water partition coefficient (Wildman–Crippen LogP) is 2.80. The highest BCUT2D eigenvalue weighted by molar-refractivity contribution is 6.34. The molecule has 0 saturated carbocycles. The number of nitrogens with one attached hydrogen (secondary N) is 1. The maximum atomic E-state index is 8.86. The minimum atomic E-state index is 0.337. The molecule has 0 amide bonds. The summed E-state index contributed by atoms with van der Waals surface area (Å²) in [6, 6.07) is 11.1. The first kappa shape index (κ1) is 12.2. The Balaban J connectivity index is 2.14. The summed E-state index contributed by atoms with van der Waals surface area (Å²) in [5.74, 6) is 0.498. The van der Waals surface area contributed by atoms with Gasteiger partial charge in [0.2, 0.25) is 0 Å². The van der Waals surface area contributed by atoms with E-state index in [0.29, 0.717) is 28.6 Å². The van der Waals surface area contributed by atoms with Gasteiger partial charge in [0.05, 0.1) is 5.56 Å². The van der Waals surface area contributed by atoms with Crippen molar-refractivity contribution in [3.8, 4) is 6.07 Å². The van der Waals surface area contributed by atoms with Crippen molar-refractivity contribution in [3.05, 3.63) is 52.7 Å². The maximum Gasteiger partial charge on any atom is 0.146 e. The van der Waals surface area contributed by atoms with Crippen molar-refractivity contribution >= 4 is 23.1 Å². The third kappa shape index (κ3) is 2.70. The molecule has 0 spiro atoms. The van der Waals surface area contributed by atoms with E-state index in [2.05, 4.69) is 10.3 Å². The summed E-state index contributed by atoms with van der Waals surface area (Å²) in [6.07, 6.45) is 1.55. The molecule has 0 aliphatic heterocycles. The van der Waals surface area contributed by atoms with Gasteiger partial charge < -0.3 is 11.1 Å². The maximum absolute atomic E-state index is 8.86. The first-order valence-corrected chi connectivity index (χ1v) is 5.71. The van der Waals surface area contributed by atoms with E-state index in [9.17, 15) is 0 Å². The van der Waals surface area contributed by atoms with E-state index in [1.54, 1.807) is 12.3 Å². The lowest BCUT2D eigenvalue weighted by molar-refractivity contribution is 1.11. The summed E-state index contributed by atoms with van der Waals surface area (Å²) in [5.41, 5.74) is 7.83. The van der Waals surface area contributed by atoms with Crippen LogP contribution in [0.15, 0.2) is 36.5 Å². The lowest BCUT2D eigenvalue weighted by Crippen LogP contribution is -2.03. The molecule has 1 aromatic heterocycles. The van der Waals surface area contributed by atoms with Crippen molar-refractivity contribution in [2.45, 2.75) is 6.54 Å². The quantitative estimate of drug-likeness (QED) is 0.830. The number of nitrogens with zero attached hydrogens (tertiary/aromatic N) is 2. The van der Waals surface area contributed by atoms with E-state index in [4.69, 9.17) is 22.6 Å². The van der Waals surface area contributed by atoms with Crippen LogP contribution < -0.4 is 11.1 Å². The Bertz CT molecular complexity index is 604. The van der Waals surface area contributed by atoms with Crippen LogP contribution in [0.5, 0.6) is 0 Å². The SMILES string of the molecule is N#Cc1ccnc(NCc2cccc(N)c2)c1Cl. The van der Waals surface area contributed by atoms with E-state index in [-0.39, 0.29) is 0 Å². The number of nitrogen functional groups attached to an aromatic ring is 1. The van der Waals surface area contributed by atoms with Crippen LogP contribution in [0.25, 0.3) is 0 Å². The van der Waals surface area contributed by atoms with Crippen molar-refractivity contribution in [1.29, 1.82) is 5.26 Å². The van der Waals surface area contributed by atoms with Crippen molar-refractivity contribution in [3.63, 3.8) is 0 Å². The van der Waals surface area contributed by atoms with Crippen LogP contribution in [-0.4, -0.2) is 4.98 Å². The number of halogens is 1. The summed E-state index contributed by atoms with van der Waals surface area (Å²) in [6.45, 7) is 0.548. The Kier molecular flexibility index (Phi) is 3.66. The average molecular weight is 259 g/mol. The Morgan fingerprint density at radius 3 is 2.94 bits per heavy atom. The van der Waals surface area contributed by atoms with Crippen LogP contribution in [-0.2, 0) is 6.54 Å². The number of nitriles is 1. The van der Waals surface area contributed by atoms with E-state index in [0.717, 1.165) is 5.56 Å². The van der Waals surface area contributed by atoms with Gasteiger partial charge >= 0.3 is 0 Å². The molecule has 2 aromatic rings. The fraction of sp³-hybridized carbons (Fsp3) is 0.0769. The van der Waals surface area contributed by atoms with Crippen molar-refractivity contribution < 1.29 is 0 Å². The number of hydrogen-bond donors (Lipinski definition) is 2. The topological polar surface area (TPSA) is 74.7 Å². The van der Waals surface area contributed by atoms with Crippen molar-refractivity contribution in [2.24, 2.45) is 0 Å². The van der Waals surface area contributed by atoms with E-state index < -0.39 is 0 Å². The normalized spacial score (nSPS) is 9.78. The van der Waals surface area contributed by atoms with Crippen LogP contribution in [0.1, 0.15) is 11.1 Å². The number of pyridine rings is 1. The van der Waals surface area contributed by atoms with Gasteiger partial charge in [-0.1, -0.05) is 23.7 Å². The summed E-state index contributed by atoms with van der Waals surface area (Å²) >= 11 is 6.03. The molecule has 0 atom stereocenters. The molecule has 1 aromatic carbocycles. The Labute approximate surface area is 110 Å². The molecule has 0 saturated heterocycles. The van der Waals surface area contributed by atoms with Gasteiger partial charge in [0.1, 0.15) is 16.9 Å². The summed E-state index contributed by atoms with van der Waals surface area (Å²) in [4.78, 5) is 4.10. The van der Waals surface area contributed by atoms with Gasteiger partial charge in [-0.2, -0.15) is 5.26 Å². The molecule has 0 fully saturated rings. The van der Waals surface area contributed by atoms with Gasteiger partial charge in [-0.05, 0) is 23.8 Å². The zero-order valence-electron chi connectivity index (χ0n) is 9.52. The predicted molar refractivity (Wildman–Crippen MR) is 72.1 cm³/mol. The van der Waals surface area contributed by atoms with E-state index in [1.165, 1.54) is 0 Å². The van der Waals surface area contributed by atoms with Gasteiger partial charge in [-0.15, -0.1) is 0 Å². The third-order valence-corrected chi connectivity index (χ3v) is 2.80. The smallest absolute Gasteiger partial charge is 0.146 e. The minimum absolute atomic E-state index is 0.337.